The second-order valence-electron chi connectivity index (χ2n) is 4.86. The molecule has 0 aliphatic heterocycles. The molecule has 0 atom stereocenters. The fraction of sp³-hybridized carbons (Fsp3) is 0.176. The number of halogens is 1. The van der Waals surface area contributed by atoms with Gasteiger partial charge < -0.3 is 14.5 Å². The number of methoxy groups -OCH3 is 1. The Balaban J connectivity index is 2.36. The summed E-state index contributed by atoms with van der Waals surface area (Å²) in [5.74, 6) is 1.53. The molecule has 1 N–H and O–H groups in total. The molecule has 0 bridgehead atoms. The molecule has 2 aromatic carbocycles. The number of aromatic nitrogens is 1. The van der Waals surface area contributed by atoms with Crippen molar-refractivity contribution in [3.63, 3.8) is 0 Å². The third-order valence-corrected chi connectivity index (χ3v) is 3.78. The topological polar surface area (TPSA) is 75.1 Å². The van der Waals surface area contributed by atoms with Gasteiger partial charge in [-0.1, -0.05) is 0 Å². The minimum absolute atomic E-state index is 0.0870. The van der Waals surface area contributed by atoms with Gasteiger partial charge in [0.15, 0.2) is 11.5 Å². The van der Waals surface area contributed by atoms with Crippen LogP contribution < -0.4 is 14.9 Å². The van der Waals surface area contributed by atoms with Gasteiger partial charge in [-0.15, -0.1) is 11.6 Å². The van der Waals surface area contributed by atoms with Crippen LogP contribution in [-0.4, -0.2) is 24.6 Å². The summed E-state index contributed by atoms with van der Waals surface area (Å²) in [6.45, 7) is 0.346. The fourth-order valence-corrected chi connectivity index (χ4v) is 2.67. The number of H-pyrrole nitrogens is 1. The summed E-state index contributed by atoms with van der Waals surface area (Å²) >= 11 is 5.70. The van der Waals surface area contributed by atoms with Crippen LogP contribution in [-0.2, 0) is 0 Å². The highest BCUT2D eigenvalue weighted by molar-refractivity contribution is 6.18. The van der Waals surface area contributed by atoms with E-state index in [1.165, 1.54) is 6.20 Å². The van der Waals surface area contributed by atoms with Crippen LogP contribution in [0.3, 0.4) is 0 Å². The van der Waals surface area contributed by atoms with Crippen molar-refractivity contribution in [2.45, 2.75) is 0 Å². The van der Waals surface area contributed by atoms with E-state index >= 15 is 0 Å². The summed E-state index contributed by atoms with van der Waals surface area (Å²) in [7, 11) is 1.57. The highest BCUT2D eigenvalue weighted by Crippen LogP contribution is 2.37. The molecule has 0 amide bonds. The molecule has 23 heavy (non-hydrogen) atoms. The summed E-state index contributed by atoms with van der Waals surface area (Å²) in [6, 6.07) is 9.00. The van der Waals surface area contributed by atoms with Gasteiger partial charge >= 0.3 is 0 Å². The second kappa shape index (κ2) is 6.19. The average molecular weight is 329 g/mol. The van der Waals surface area contributed by atoms with Crippen molar-refractivity contribution in [3.8, 4) is 17.6 Å². The van der Waals surface area contributed by atoms with E-state index in [0.717, 1.165) is 10.8 Å². The van der Waals surface area contributed by atoms with E-state index in [0.29, 0.717) is 34.9 Å². The van der Waals surface area contributed by atoms with Gasteiger partial charge in [-0.25, -0.2) is 0 Å². The first-order chi connectivity index (χ1) is 11.2. The molecule has 3 rings (SSSR count). The lowest BCUT2D eigenvalue weighted by atomic mass is 10.0. The van der Waals surface area contributed by atoms with Gasteiger partial charge in [0.1, 0.15) is 18.2 Å². The number of aromatic amines is 1. The Morgan fingerprint density at radius 2 is 1.96 bits per heavy atom. The number of alkyl halides is 1. The Morgan fingerprint density at radius 1 is 1.22 bits per heavy atom. The summed E-state index contributed by atoms with van der Waals surface area (Å²) in [4.78, 5) is 15.3. The molecule has 0 saturated carbocycles. The van der Waals surface area contributed by atoms with Crippen LogP contribution in [0, 0.1) is 11.3 Å². The first-order valence-corrected chi connectivity index (χ1v) is 7.48. The summed E-state index contributed by atoms with van der Waals surface area (Å²) < 4.78 is 11.1. The van der Waals surface area contributed by atoms with Crippen LogP contribution in [0.5, 0.6) is 11.5 Å². The highest BCUT2D eigenvalue weighted by Gasteiger charge is 2.14. The zero-order valence-corrected chi connectivity index (χ0v) is 13.1. The minimum Gasteiger partial charge on any atom is -0.493 e. The number of nitrogens with one attached hydrogen (secondary N) is 1. The zero-order valence-electron chi connectivity index (χ0n) is 12.4. The number of hydrogen-bond acceptors (Lipinski definition) is 4. The van der Waals surface area contributed by atoms with Gasteiger partial charge in [0.2, 0.25) is 5.43 Å². The number of hydrogen-bond donors (Lipinski definition) is 1. The van der Waals surface area contributed by atoms with Crippen molar-refractivity contribution in [2.75, 3.05) is 19.6 Å². The van der Waals surface area contributed by atoms with E-state index in [1.807, 2.05) is 12.1 Å². The molecule has 0 aliphatic carbocycles. The average Bonchev–Trinajstić information content (AvgIpc) is 2.59. The molecule has 1 heterocycles. The Hall–Kier alpha value is -2.71. The van der Waals surface area contributed by atoms with E-state index < -0.39 is 0 Å². The van der Waals surface area contributed by atoms with Crippen molar-refractivity contribution >= 4 is 33.3 Å². The van der Waals surface area contributed by atoms with Crippen LogP contribution in [0.1, 0.15) is 5.56 Å². The van der Waals surface area contributed by atoms with Crippen LogP contribution in [0.25, 0.3) is 21.7 Å². The van der Waals surface area contributed by atoms with Crippen LogP contribution in [0.15, 0.2) is 35.3 Å². The van der Waals surface area contributed by atoms with Gasteiger partial charge in [0, 0.05) is 22.4 Å². The first-order valence-electron chi connectivity index (χ1n) is 6.95. The van der Waals surface area contributed by atoms with Gasteiger partial charge in [-0.3, -0.25) is 4.79 Å². The molecule has 6 heteroatoms. The third-order valence-electron chi connectivity index (χ3n) is 3.63. The number of rotatable bonds is 4. The van der Waals surface area contributed by atoms with Crippen LogP contribution >= 0.6 is 11.6 Å². The lowest BCUT2D eigenvalue weighted by molar-refractivity contribution is 0.316. The van der Waals surface area contributed by atoms with Crippen LogP contribution in [0.2, 0.25) is 0 Å². The SMILES string of the molecule is COc1ccc2c(ccc3c(=O)c(C#N)c[nH]c32)c1OCCCl. The number of nitrogens with zero attached hydrogens (tertiary/aromatic N) is 1. The number of benzene rings is 2. The molecule has 5 nitrogen and oxygen atoms in total. The lowest BCUT2D eigenvalue weighted by Gasteiger charge is -2.14. The van der Waals surface area contributed by atoms with Gasteiger partial charge in [0.05, 0.1) is 18.5 Å². The van der Waals surface area contributed by atoms with Gasteiger partial charge in [0.25, 0.3) is 0 Å². The van der Waals surface area contributed by atoms with Crippen molar-refractivity contribution in [3.05, 3.63) is 46.2 Å². The number of nitriles is 1. The lowest BCUT2D eigenvalue weighted by Crippen LogP contribution is -2.07. The fourth-order valence-electron chi connectivity index (χ4n) is 2.59. The molecule has 0 unspecified atom stereocenters. The first kappa shape index (κ1) is 15.2. The van der Waals surface area contributed by atoms with Gasteiger partial charge in [-0.05, 0) is 24.3 Å². The predicted molar refractivity (Wildman–Crippen MR) is 89.6 cm³/mol. The van der Waals surface area contributed by atoms with Crippen molar-refractivity contribution in [1.82, 2.24) is 4.98 Å². The van der Waals surface area contributed by atoms with E-state index in [-0.39, 0.29) is 11.0 Å². The molecule has 1 aromatic heterocycles. The predicted octanol–water partition coefficient (Wildman–Crippen LogP) is 3.18. The third kappa shape index (κ3) is 2.47. The maximum Gasteiger partial charge on any atom is 0.207 e. The Kier molecular flexibility index (Phi) is 4.09. The van der Waals surface area contributed by atoms with E-state index in [1.54, 1.807) is 25.3 Å². The number of fused-ring (bicyclic) bond motifs is 3. The summed E-state index contributed by atoms with van der Waals surface area (Å²) in [6.07, 6.45) is 1.42. The van der Waals surface area contributed by atoms with Crippen molar-refractivity contribution < 1.29 is 9.47 Å². The van der Waals surface area contributed by atoms with E-state index in [9.17, 15) is 4.79 Å². The monoisotopic (exact) mass is 328 g/mol. The number of ether oxygens (including phenoxy) is 2. The maximum absolute atomic E-state index is 12.3. The molecule has 0 fully saturated rings. The van der Waals surface area contributed by atoms with Crippen molar-refractivity contribution in [1.29, 1.82) is 5.26 Å². The standard InChI is InChI=1S/C17H13ClN2O3/c1-22-14-5-4-11-12(17(14)23-7-6-18)2-3-13-15(11)20-9-10(8-19)16(13)21/h2-5,9H,6-7H2,1H3,(H,20,21). The Bertz CT molecular complexity index is 989. The quantitative estimate of drug-likeness (QED) is 0.589. The zero-order chi connectivity index (χ0) is 16.4. The normalized spacial score (nSPS) is 10.7. The molecular weight excluding hydrogens is 316 g/mol. The smallest absolute Gasteiger partial charge is 0.207 e. The molecule has 116 valence electrons. The minimum atomic E-state index is -0.290. The summed E-state index contributed by atoms with van der Waals surface area (Å²) in [5, 5.41) is 11.1. The molecule has 0 spiro atoms. The molecule has 0 aliphatic rings. The highest BCUT2D eigenvalue weighted by atomic mass is 35.5. The molecule has 0 radical (unpaired) electrons. The van der Waals surface area contributed by atoms with Gasteiger partial charge in [-0.2, -0.15) is 5.26 Å². The number of pyridine rings is 1. The Morgan fingerprint density at radius 3 is 2.65 bits per heavy atom. The second-order valence-corrected chi connectivity index (χ2v) is 5.24. The molecule has 0 saturated heterocycles. The van der Waals surface area contributed by atoms with E-state index in [4.69, 9.17) is 26.3 Å². The molecule has 3 aromatic rings. The Labute approximate surface area is 137 Å². The van der Waals surface area contributed by atoms with Crippen molar-refractivity contribution in [2.24, 2.45) is 0 Å². The summed E-state index contributed by atoms with van der Waals surface area (Å²) in [5.41, 5.74) is 0.455. The van der Waals surface area contributed by atoms with E-state index in [2.05, 4.69) is 4.98 Å². The maximum atomic E-state index is 12.3. The largest absolute Gasteiger partial charge is 0.493 e. The van der Waals surface area contributed by atoms with Crippen LogP contribution in [0.4, 0.5) is 0 Å². The molecular formula is C17H13ClN2O3.